The minimum absolute atomic E-state index is 0.119. The molecule has 1 aromatic heterocycles. The summed E-state index contributed by atoms with van der Waals surface area (Å²) in [5, 5.41) is 2.40. The Morgan fingerprint density at radius 2 is 1.91 bits per heavy atom. The van der Waals surface area contributed by atoms with Crippen LogP contribution < -0.4 is 16.8 Å². The van der Waals surface area contributed by atoms with E-state index in [1.165, 1.54) is 18.3 Å². The number of ether oxygens (including phenoxy) is 1. The molecule has 0 aliphatic heterocycles. The third-order valence-electron chi connectivity index (χ3n) is 3.09. The van der Waals surface area contributed by atoms with Crippen molar-refractivity contribution in [1.82, 2.24) is 4.98 Å². The fourth-order valence-electron chi connectivity index (χ4n) is 2.20. The largest absolute Gasteiger partial charge is 0.462 e. The Bertz CT molecular complexity index is 767. The second-order valence-corrected chi connectivity index (χ2v) is 4.57. The molecule has 0 bridgehead atoms. The molecule has 0 spiro atoms. The summed E-state index contributed by atoms with van der Waals surface area (Å²) >= 11 is 0. The van der Waals surface area contributed by atoms with Crippen molar-refractivity contribution in [3.8, 4) is 11.3 Å². The lowest BCUT2D eigenvalue weighted by atomic mass is 10.0. The van der Waals surface area contributed by atoms with E-state index in [-0.39, 0.29) is 23.4 Å². The number of nitrogens with two attached hydrogens (primary N) is 2. The first-order valence-corrected chi connectivity index (χ1v) is 6.79. The highest BCUT2D eigenvalue weighted by Gasteiger charge is 2.21. The number of primary amides is 2. The Morgan fingerprint density at radius 1 is 1.17 bits per heavy atom. The third-order valence-corrected chi connectivity index (χ3v) is 3.09. The summed E-state index contributed by atoms with van der Waals surface area (Å²) in [7, 11) is 0. The molecule has 3 amide bonds. The number of carbonyl (C=O) groups is 3. The number of aromatic nitrogens is 1. The molecular weight excluding hydrogens is 300 g/mol. The van der Waals surface area contributed by atoms with Crippen LogP contribution in [0.1, 0.15) is 27.6 Å². The van der Waals surface area contributed by atoms with Gasteiger partial charge in [-0.15, -0.1) is 0 Å². The Labute approximate surface area is 131 Å². The van der Waals surface area contributed by atoms with Crippen molar-refractivity contribution in [3.05, 3.63) is 41.6 Å². The van der Waals surface area contributed by atoms with Gasteiger partial charge in [-0.25, -0.2) is 9.59 Å². The molecule has 0 fully saturated rings. The van der Waals surface area contributed by atoms with Crippen molar-refractivity contribution >= 4 is 23.6 Å². The smallest absolute Gasteiger partial charge is 0.340 e. The maximum absolute atomic E-state index is 12.1. The van der Waals surface area contributed by atoms with Crippen LogP contribution in [0, 0.1) is 0 Å². The van der Waals surface area contributed by atoms with E-state index < -0.39 is 17.9 Å². The van der Waals surface area contributed by atoms with Gasteiger partial charge < -0.3 is 26.5 Å². The van der Waals surface area contributed by atoms with Crippen LogP contribution >= 0.6 is 0 Å². The first-order chi connectivity index (χ1) is 11.0. The van der Waals surface area contributed by atoms with Gasteiger partial charge in [-0.2, -0.15) is 0 Å². The van der Waals surface area contributed by atoms with Gasteiger partial charge in [0.05, 0.1) is 29.1 Å². The van der Waals surface area contributed by atoms with Gasteiger partial charge >= 0.3 is 12.0 Å². The second kappa shape index (κ2) is 6.65. The number of H-pyrrole nitrogens is 1. The minimum Gasteiger partial charge on any atom is -0.462 e. The van der Waals surface area contributed by atoms with Crippen molar-refractivity contribution in [1.29, 1.82) is 0 Å². The fraction of sp³-hybridized carbons (Fsp3) is 0.133. The van der Waals surface area contributed by atoms with Gasteiger partial charge in [0.1, 0.15) is 0 Å². The minimum atomic E-state index is -0.852. The number of aromatic amines is 1. The third kappa shape index (κ3) is 3.31. The van der Waals surface area contributed by atoms with Gasteiger partial charge in [0.15, 0.2) is 0 Å². The van der Waals surface area contributed by atoms with Crippen molar-refractivity contribution in [2.45, 2.75) is 6.92 Å². The number of carbonyl (C=O) groups excluding carboxylic acids is 3. The molecular formula is C15H16N4O4. The molecule has 0 atom stereocenters. The Morgan fingerprint density at radius 3 is 2.52 bits per heavy atom. The summed E-state index contributed by atoms with van der Waals surface area (Å²) < 4.78 is 4.97. The Kier molecular flexibility index (Phi) is 4.65. The van der Waals surface area contributed by atoms with E-state index in [1.807, 2.05) is 0 Å². The molecule has 0 aliphatic carbocycles. The number of urea groups is 1. The van der Waals surface area contributed by atoms with Crippen LogP contribution in [0.15, 0.2) is 30.5 Å². The lowest BCUT2D eigenvalue weighted by Gasteiger charge is -2.14. The van der Waals surface area contributed by atoms with Gasteiger partial charge in [-0.3, -0.25) is 4.79 Å². The number of hydrogen-bond acceptors (Lipinski definition) is 4. The van der Waals surface area contributed by atoms with E-state index in [0.717, 1.165) is 0 Å². The number of rotatable bonds is 5. The molecule has 2 aromatic rings. The summed E-state index contributed by atoms with van der Waals surface area (Å²) in [5.41, 5.74) is 11.8. The van der Waals surface area contributed by atoms with E-state index in [4.69, 9.17) is 16.2 Å². The summed E-state index contributed by atoms with van der Waals surface area (Å²) in [6, 6.07) is 5.35. The number of hydrogen-bond donors (Lipinski definition) is 4. The van der Waals surface area contributed by atoms with Crippen molar-refractivity contribution in [3.63, 3.8) is 0 Å². The summed E-state index contributed by atoms with van der Waals surface area (Å²) in [6.07, 6.45) is 1.53. The molecule has 1 aromatic carbocycles. The molecule has 0 saturated carbocycles. The Balaban J connectivity index is 2.65. The van der Waals surface area contributed by atoms with Gasteiger partial charge in [-0.05, 0) is 19.1 Å². The highest BCUT2D eigenvalue weighted by atomic mass is 16.5. The van der Waals surface area contributed by atoms with Gasteiger partial charge in [0.25, 0.3) is 5.91 Å². The summed E-state index contributed by atoms with van der Waals surface area (Å²) in [4.78, 5) is 37.8. The first kappa shape index (κ1) is 16.1. The summed E-state index contributed by atoms with van der Waals surface area (Å²) in [5.74, 6) is -1.27. The Hall–Kier alpha value is -3.29. The lowest BCUT2D eigenvalue weighted by molar-refractivity contribution is 0.0527. The number of benzene rings is 1. The molecule has 0 aliphatic rings. The first-order valence-electron chi connectivity index (χ1n) is 6.79. The van der Waals surface area contributed by atoms with Crippen LogP contribution in [0.25, 0.3) is 11.3 Å². The van der Waals surface area contributed by atoms with Gasteiger partial charge in [0.2, 0.25) is 0 Å². The molecule has 1 heterocycles. The molecule has 0 unspecified atom stereocenters. The number of esters is 1. The van der Waals surface area contributed by atoms with Crippen LogP contribution in [-0.4, -0.2) is 29.5 Å². The predicted octanol–water partition coefficient (Wildman–Crippen LogP) is 1.45. The molecule has 6 N–H and O–H groups in total. The lowest BCUT2D eigenvalue weighted by Crippen LogP contribution is -2.22. The van der Waals surface area contributed by atoms with Gasteiger partial charge in [0, 0.05) is 11.8 Å². The topological polar surface area (TPSA) is 140 Å². The number of nitrogens with one attached hydrogen (secondary N) is 2. The molecule has 120 valence electrons. The SMILES string of the molecule is CCOC(=O)c1cccc(-c2[nH]ccc2C(N)=O)c1NC(N)=O. The molecule has 23 heavy (non-hydrogen) atoms. The zero-order valence-electron chi connectivity index (χ0n) is 12.4. The molecule has 2 rings (SSSR count). The predicted molar refractivity (Wildman–Crippen MR) is 83.9 cm³/mol. The van der Waals surface area contributed by atoms with E-state index >= 15 is 0 Å². The highest BCUT2D eigenvalue weighted by molar-refractivity contribution is 6.07. The van der Waals surface area contributed by atoms with Crippen molar-refractivity contribution in [2.24, 2.45) is 11.5 Å². The number of anilines is 1. The normalized spacial score (nSPS) is 10.1. The molecule has 0 radical (unpaired) electrons. The summed E-state index contributed by atoms with van der Waals surface area (Å²) in [6.45, 7) is 1.84. The van der Waals surface area contributed by atoms with Crippen molar-refractivity contribution in [2.75, 3.05) is 11.9 Å². The maximum atomic E-state index is 12.1. The zero-order valence-corrected chi connectivity index (χ0v) is 12.4. The standard InChI is InChI=1S/C15H16N4O4/c1-2-23-14(21)10-5-3-4-8(12(10)19-15(17)22)11-9(13(16)20)6-7-18-11/h3-7,18H,2H2,1H3,(H2,16,20)(H3,17,19,22). The zero-order chi connectivity index (χ0) is 17.0. The van der Waals surface area contributed by atoms with Crippen LogP contribution in [0.3, 0.4) is 0 Å². The van der Waals surface area contributed by atoms with E-state index in [0.29, 0.717) is 11.3 Å². The van der Waals surface area contributed by atoms with E-state index in [2.05, 4.69) is 10.3 Å². The average Bonchev–Trinajstić information content (AvgIpc) is 2.96. The van der Waals surface area contributed by atoms with Crippen molar-refractivity contribution < 1.29 is 19.1 Å². The second-order valence-electron chi connectivity index (χ2n) is 4.57. The maximum Gasteiger partial charge on any atom is 0.340 e. The molecule has 8 heteroatoms. The van der Waals surface area contributed by atoms with Gasteiger partial charge in [-0.1, -0.05) is 12.1 Å². The number of amides is 3. The van der Waals surface area contributed by atoms with Crippen LogP contribution in [-0.2, 0) is 4.74 Å². The van der Waals surface area contributed by atoms with E-state index in [1.54, 1.807) is 19.1 Å². The quantitative estimate of drug-likeness (QED) is 0.619. The monoisotopic (exact) mass is 316 g/mol. The number of para-hydroxylation sites is 1. The molecule has 0 saturated heterocycles. The highest BCUT2D eigenvalue weighted by Crippen LogP contribution is 2.32. The molecule has 8 nitrogen and oxygen atoms in total. The van der Waals surface area contributed by atoms with E-state index in [9.17, 15) is 14.4 Å². The average molecular weight is 316 g/mol. The van der Waals surface area contributed by atoms with Crippen LogP contribution in [0.5, 0.6) is 0 Å². The van der Waals surface area contributed by atoms with Crippen LogP contribution in [0.4, 0.5) is 10.5 Å². The fourth-order valence-corrected chi connectivity index (χ4v) is 2.20. The van der Waals surface area contributed by atoms with Crippen LogP contribution in [0.2, 0.25) is 0 Å².